The Morgan fingerprint density at radius 2 is 1.90 bits per heavy atom. The average molecular weight is 423 g/mol. The SMILES string of the molecule is CN=C(NCCCOCC(F)(F)F)NC1CCCCC1.I. The minimum absolute atomic E-state index is 0. The summed E-state index contributed by atoms with van der Waals surface area (Å²) in [6, 6.07) is 0.455. The van der Waals surface area contributed by atoms with E-state index in [4.69, 9.17) is 0 Å². The maximum absolute atomic E-state index is 11.8. The third-order valence-electron chi connectivity index (χ3n) is 3.19. The lowest BCUT2D eigenvalue weighted by molar-refractivity contribution is -0.173. The lowest BCUT2D eigenvalue weighted by Gasteiger charge is -2.24. The standard InChI is InChI=1S/C13H24F3N3O.HI/c1-17-12(19-11-6-3-2-4-7-11)18-8-5-9-20-10-13(14,15)16;/h11H,2-10H2,1H3,(H2,17,18,19);1H. The second-order valence-electron chi connectivity index (χ2n) is 5.00. The second-order valence-corrected chi connectivity index (χ2v) is 5.00. The van der Waals surface area contributed by atoms with Gasteiger partial charge in [-0.05, 0) is 19.3 Å². The monoisotopic (exact) mass is 423 g/mol. The molecule has 4 nitrogen and oxygen atoms in total. The first-order valence-electron chi connectivity index (χ1n) is 7.13. The minimum atomic E-state index is -4.24. The Labute approximate surface area is 141 Å². The fourth-order valence-corrected chi connectivity index (χ4v) is 2.20. The van der Waals surface area contributed by atoms with Crippen LogP contribution in [0.3, 0.4) is 0 Å². The highest BCUT2D eigenvalue weighted by atomic mass is 127. The van der Waals surface area contributed by atoms with Crippen molar-refractivity contribution in [3.05, 3.63) is 0 Å². The molecule has 0 heterocycles. The Morgan fingerprint density at radius 3 is 2.48 bits per heavy atom. The molecule has 1 saturated carbocycles. The number of nitrogens with one attached hydrogen (secondary N) is 2. The molecule has 0 amide bonds. The van der Waals surface area contributed by atoms with Crippen LogP contribution in [0.1, 0.15) is 38.5 Å². The van der Waals surface area contributed by atoms with E-state index in [0.29, 0.717) is 25.0 Å². The van der Waals surface area contributed by atoms with E-state index < -0.39 is 12.8 Å². The van der Waals surface area contributed by atoms with E-state index in [-0.39, 0.29) is 30.6 Å². The van der Waals surface area contributed by atoms with Crippen molar-refractivity contribution in [3.63, 3.8) is 0 Å². The number of guanidine groups is 1. The third kappa shape index (κ3) is 11.0. The van der Waals surface area contributed by atoms with E-state index in [1.165, 1.54) is 19.3 Å². The van der Waals surface area contributed by atoms with Crippen molar-refractivity contribution < 1.29 is 17.9 Å². The smallest absolute Gasteiger partial charge is 0.372 e. The molecule has 2 N–H and O–H groups in total. The largest absolute Gasteiger partial charge is 0.411 e. The number of alkyl halides is 3. The predicted molar refractivity (Wildman–Crippen MR) is 88.3 cm³/mol. The lowest BCUT2D eigenvalue weighted by Crippen LogP contribution is -2.44. The molecule has 1 rings (SSSR count). The zero-order valence-electron chi connectivity index (χ0n) is 12.3. The van der Waals surface area contributed by atoms with Crippen LogP contribution in [0.15, 0.2) is 4.99 Å². The van der Waals surface area contributed by atoms with Crippen molar-refractivity contribution in [1.29, 1.82) is 0 Å². The molecule has 0 spiro atoms. The molecule has 1 fully saturated rings. The molecule has 0 aliphatic heterocycles. The van der Waals surface area contributed by atoms with Gasteiger partial charge in [-0.1, -0.05) is 19.3 Å². The molecule has 0 aromatic carbocycles. The van der Waals surface area contributed by atoms with Crippen LogP contribution < -0.4 is 10.6 Å². The van der Waals surface area contributed by atoms with E-state index in [9.17, 15) is 13.2 Å². The molecule has 0 saturated heterocycles. The molecular weight excluding hydrogens is 398 g/mol. The number of aliphatic imine (C=N–C) groups is 1. The fraction of sp³-hybridized carbons (Fsp3) is 0.923. The zero-order valence-corrected chi connectivity index (χ0v) is 14.7. The number of hydrogen-bond donors (Lipinski definition) is 2. The van der Waals surface area contributed by atoms with Crippen LogP contribution >= 0.6 is 24.0 Å². The van der Waals surface area contributed by atoms with Gasteiger partial charge in [-0.2, -0.15) is 13.2 Å². The quantitative estimate of drug-likeness (QED) is 0.299. The van der Waals surface area contributed by atoms with Crippen molar-refractivity contribution in [1.82, 2.24) is 10.6 Å². The van der Waals surface area contributed by atoms with Gasteiger partial charge in [-0.3, -0.25) is 4.99 Å². The predicted octanol–water partition coefficient (Wildman–Crippen LogP) is 3.07. The van der Waals surface area contributed by atoms with Gasteiger partial charge in [0.05, 0.1) is 0 Å². The summed E-state index contributed by atoms with van der Waals surface area (Å²) in [6.07, 6.45) is 2.33. The Balaban J connectivity index is 0.00000400. The second kappa shape index (κ2) is 11.3. The Bertz CT molecular complexity index is 295. The third-order valence-corrected chi connectivity index (χ3v) is 3.19. The molecule has 0 aromatic heterocycles. The highest BCUT2D eigenvalue weighted by molar-refractivity contribution is 14.0. The minimum Gasteiger partial charge on any atom is -0.372 e. The maximum atomic E-state index is 11.8. The molecule has 0 unspecified atom stereocenters. The summed E-state index contributed by atoms with van der Waals surface area (Å²) in [4.78, 5) is 4.11. The average Bonchev–Trinajstić information content (AvgIpc) is 2.41. The van der Waals surface area contributed by atoms with E-state index in [2.05, 4.69) is 20.4 Å². The van der Waals surface area contributed by atoms with Crippen molar-refractivity contribution in [3.8, 4) is 0 Å². The van der Waals surface area contributed by atoms with Crippen LogP contribution in [-0.4, -0.2) is 45.0 Å². The summed E-state index contributed by atoms with van der Waals surface area (Å²) >= 11 is 0. The van der Waals surface area contributed by atoms with Crippen molar-refractivity contribution >= 4 is 29.9 Å². The van der Waals surface area contributed by atoms with Crippen LogP contribution in [0.5, 0.6) is 0 Å². The number of hydrogen-bond acceptors (Lipinski definition) is 2. The van der Waals surface area contributed by atoms with Gasteiger partial charge in [-0.15, -0.1) is 24.0 Å². The normalized spacial score (nSPS) is 17.2. The topological polar surface area (TPSA) is 45.7 Å². The highest BCUT2D eigenvalue weighted by Crippen LogP contribution is 2.17. The number of halogens is 4. The van der Waals surface area contributed by atoms with Crippen LogP contribution in [0, 0.1) is 0 Å². The Kier molecular flexibility index (Phi) is 11.2. The van der Waals surface area contributed by atoms with Gasteiger partial charge >= 0.3 is 6.18 Å². The summed E-state index contributed by atoms with van der Waals surface area (Å²) in [6.45, 7) is -0.542. The summed E-state index contributed by atoms with van der Waals surface area (Å²) in [5.74, 6) is 0.715. The van der Waals surface area contributed by atoms with Gasteiger partial charge in [0.15, 0.2) is 5.96 Å². The van der Waals surface area contributed by atoms with Gasteiger partial charge in [0, 0.05) is 26.2 Å². The first-order chi connectivity index (χ1) is 9.51. The highest BCUT2D eigenvalue weighted by Gasteiger charge is 2.27. The van der Waals surface area contributed by atoms with Crippen molar-refractivity contribution in [2.24, 2.45) is 4.99 Å². The lowest BCUT2D eigenvalue weighted by atomic mass is 9.96. The number of nitrogens with zero attached hydrogens (tertiary/aromatic N) is 1. The summed E-state index contributed by atoms with van der Waals surface area (Å²) in [5, 5.41) is 6.43. The zero-order chi connectivity index (χ0) is 14.8. The molecule has 21 heavy (non-hydrogen) atoms. The molecule has 0 aromatic rings. The molecule has 126 valence electrons. The van der Waals surface area contributed by atoms with Crippen LogP contribution in [0.4, 0.5) is 13.2 Å². The van der Waals surface area contributed by atoms with Gasteiger partial charge in [0.25, 0.3) is 0 Å². The van der Waals surface area contributed by atoms with Gasteiger partial charge in [-0.25, -0.2) is 0 Å². The molecule has 0 atom stereocenters. The molecule has 0 bridgehead atoms. The summed E-state index contributed by atoms with van der Waals surface area (Å²) in [5.41, 5.74) is 0. The van der Waals surface area contributed by atoms with E-state index in [0.717, 1.165) is 12.8 Å². The van der Waals surface area contributed by atoms with Gasteiger partial charge in [0.1, 0.15) is 6.61 Å². The Morgan fingerprint density at radius 1 is 1.24 bits per heavy atom. The summed E-state index contributed by atoms with van der Waals surface area (Å²) in [7, 11) is 1.69. The molecular formula is C13H25F3IN3O. The fourth-order valence-electron chi connectivity index (χ4n) is 2.20. The summed E-state index contributed by atoms with van der Waals surface area (Å²) < 4.78 is 40.1. The molecule has 0 radical (unpaired) electrons. The first-order valence-corrected chi connectivity index (χ1v) is 7.13. The van der Waals surface area contributed by atoms with Crippen LogP contribution in [0.2, 0.25) is 0 Å². The number of rotatable bonds is 6. The number of ether oxygens (including phenoxy) is 1. The van der Waals surface area contributed by atoms with E-state index in [1.807, 2.05) is 0 Å². The Hall–Kier alpha value is -0.250. The van der Waals surface area contributed by atoms with E-state index in [1.54, 1.807) is 7.05 Å². The van der Waals surface area contributed by atoms with Crippen molar-refractivity contribution in [2.45, 2.75) is 50.7 Å². The first kappa shape index (κ1) is 20.8. The van der Waals surface area contributed by atoms with Gasteiger partial charge < -0.3 is 15.4 Å². The van der Waals surface area contributed by atoms with Crippen LogP contribution in [0.25, 0.3) is 0 Å². The molecule has 1 aliphatic carbocycles. The molecule has 1 aliphatic rings. The maximum Gasteiger partial charge on any atom is 0.411 e. The van der Waals surface area contributed by atoms with Crippen molar-refractivity contribution in [2.75, 3.05) is 26.8 Å². The van der Waals surface area contributed by atoms with Gasteiger partial charge in [0.2, 0.25) is 0 Å². The van der Waals surface area contributed by atoms with E-state index >= 15 is 0 Å². The van der Waals surface area contributed by atoms with Crippen LogP contribution in [-0.2, 0) is 4.74 Å². The molecule has 8 heteroatoms.